The van der Waals surface area contributed by atoms with Crippen molar-refractivity contribution in [2.24, 2.45) is 0 Å². The van der Waals surface area contributed by atoms with E-state index in [1.54, 1.807) is 29.4 Å². The molecule has 1 aliphatic heterocycles. The number of rotatable bonds is 7. The lowest BCUT2D eigenvalue weighted by Gasteiger charge is -2.31. The Balaban J connectivity index is 1.70. The summed E-state index contributed by atoms with van der Waals surface area (Å²) in [6.07, 6.45) is 5.75. The molecule has 1 amide bonds. The maximum absolute atomic E-state index is 13.2. The highest BCUT2D eigenvalue weighted by Crippen LogP contribution is 2.25. The van der Waals surface area contributed by atoms with Crippen LogP contribution in [0.3, 0.4) is 0 Å². The smallest absolute Gasteiger partial charge is 0.257 e. The molecule has 0 radical (unpaired) electrons. The van der Waals surface area contributed by atoms with Gasteiger partial charge < -0.3 is 9.64 Å². The predicted octanol–water partition coefficient (Wildman–Crippen LogP) is 2.55. The molecule has 1 aromatic carbocycles. The molecule has 0 N–H and O–H groups in total. The van der Waals surface area contributed by atoms with Crippen molar-refractivity contribution in [1.82, 2.24) is 14.2 Å². The van der Waals surface area contributed by atoms with E-state index in [0.29, 0.717) is 50.3 Å². The van der Waals surface area contributed by atoms with Gasteiger partial charge in [0.05, 0.1) is 11.8 Å². The number of nitrogens with zero attached hydrogens (tertiary/aromatic N) is 3. The Hall–Kier alpha value is -2.45. The second kappa shape index (κ2) is 9.37. The molecule has 0 bridgehead atoms. The first kappa shape index (κ1) is 21.3. The highest BCUT2D eigenvalue weighted by Gasteiger charge is 2.27. The predicted molar refractivity (Wildman–Crippen MR) is 111 cm³/mol. The molecule has 7 nitrogen and oxygen atoms in total. The topological polar surface area (TPSA) is 79.8 Å². The minimum absolute atomic E-state index is 0.0894. The van der Waals surface area contributed by atoms with Gasteiger partial charge in [0, 0.05) is 38.6 Å². The third-order valence-electron chi connectivity index (χ3n) is 5.07. The van der Waals surface area contributed by atoms with Crippen LogP contribution in [0, 0.1) is 0 Å². The van der Waals surface area contributed by atoms with Crippen LogP contribution in [0.15, 0.2) is 48.8 Å². The molecule has 0 atom stereocenters. The Morgan fingerprint density at radius 1 is 1.17 bits per heavy atom. The quantitative estimate of drug-likeness (QED) is 0.692. The van der Waals surface area contributed by atoms with Gasteiger partial charge in [-0.15, -0.1) is 0 Å². The van der Waals surface area contributed by atoms with Crippen LogP contribution in [-0.4, -0.2) is 60.5 Å². The van der Waals surface area contributed by atoms with Crippen LogP contribution in [0.25, 0.3) is 0 Å². The molecular formula is C21H27N3O4S. The van der Waals surface area contributed by atoms with E-state index in [1.165, 1.54) is 10.6 Å². The van der Waals surface area contributed by atoms with Crippen molar-refractivity contribution in [3.8, 4) is 5.75 Å². The fourth-order valence-corrected chi connectivity index (χ4v) is 4.29. The van der Waals surface area contributed by atoms with Gasteiger partial charge in [-0.25, -0.2) is 12.7 Å². The minimum Gasteiger partial charge on any atom is -0.489 e. The molecule has 2 aromatic rings. The van der Waals surface area contributed by atoms with Gasteiger partial charge in [-0.3, -0.25) is 9.78 Å². The molecular weight excluding hydrogens is 390 g/mol. The van der Waals surface area contributed by atoms with Gasteiger partial charge >= 0.3 is 0 Å². The van der Waals surface area contributed by atoms with Crippen LogP contribution in [0.4, 0.5) is 0 Å². The van der Waals surface area contributed by atoms with Crippen LogP contribution >= 0.6 is 0 Å². The molecule has 1 saturated heterocycles. The summed E-state index contributed by atoms with van der Waals surface area (Å²) in [5.41, 5.74) is 1.54. The zero-order chi connectivity index (χ0) is 20.9. The average Bonchev–Trinajstić information content (AvgIpc) is 2.72. The molecule has 156 valence electrons. The van der Waals surface area contributed by atoms with Crippen molar-refractivity contribution >= 4 is 15.9 Å². The summed E-state index contributed by atoms with van der Waals surface area (Å²) >= 11 is 0. The number of carbonyl (C=O) groups is 1. The van der Waals surface area contributed by atoms with Gasteiger partial charge in [-0.05, 0) is 49.6 Å². The van der Waals surface area contributed by atoms with Crippen molar-refractivity contribution in [1.29, 1.82) is 0 Å². The first-order chi connectivity index (χ1) is 13.9. The van der Waals surface area contributed by atoms with Gasteiger partial charge in [0.25, 0.3) is 5.91 Å². The monoisotopic (exact) mass is 417 g/mol. The number of pyridine rings is 1. The zero-order valence-corrected chi connectivity index (χ0v) is 17.6. The van der Waals surface area contributed by atoms with E-state index in [2.05, 4.69) is 4.98 Å². The Labute approximate surface area is 172 Å². The summed E-state index contributed by atoms with van der Waals surface area (Å²) in [7, 11) is -3.18. The van der Waals surface area contributed by atoms with E-state index in [1.807, 2.05) is 31.2 Å². The number of sulfonamides is 1. The Kier molecular flexibility index (Phi) is 6.87. The standard InChI is InChI=1S/C21H27N3O4S/c1-3-23(16-17-8-12-22-13-9-17)21(25)19-6-4-5-7-20(19)28-18-10-14-24(15-11-18)29(2,26)27/h4-9,12-13,18H,3,10-11,14-16H2,1-2H3. The fourth-order valence-electron chi connectivity index (χ4n) is 3.41. The highest BCUT2D eigenvalue weighted by atomic mass is 32.2. The van der Waals surface area contributed by atoms with E-state index in [0.717, 1.165) is 5.56 Å². The van der Waals surface area contributed by atoms with Gasteiger partial charge in [-0.2, -0.15) is 0 Å². The van der Waals surface area contributed by atoms with Crippen molar-refractivity contribution in [3.63, 3.8) is 0 Å². The molecule has 29 heavy (non-hydrogen) atoms. The van der Waals surface area contributed by atoms with Crippen LogP contribution in [0.5, 0.6) is 5.75 Å². The lowest BCUT2D eigenvalue weighted by molar-refractivity contribution is 0.0740. The molecule has 0 aliphatic carbocycles. The fraction of sp³-hybridized carbons (Fsp3) is 0.429. The summed E-state index contributed by atoms with van der Waals surface area (Å²) in [5, 5.41) is 0. The van der Waals surface area contributed by atoms with Gasteiger partial charge in [0.2, 0.25) is 10.0 Å². The molecule has 0 spiro atoms. The molecule has 8 heteroatoms. The Morgan fingerprint density at radius 3 is 2.45 bits per heavy atom. The van der Waals surface area contributed by atoms with E-state index in [9.17, 15) is 13.2 Å². The number of piperidine rings is 1. The highest BCUT2D eigenvalue weighted by molar-refractivity contribution is 7.88. The maximum atomic E-state index is 13.2. The molecule has 0 saturated carbocycles. The van der Waals surface area contributed by atoms with Crippen LogP contribution in [0.1, 0.15) is 35.7 Å². The number of hydrogen-bond donors (Lipinski definition) is 0. The summed E-state index contributed by atoms with van der Waals surface area (Å²) < 4.78 is 31.0. The van der Waals surface area contributed by atoms with E-state index < -0.39 is 10.0 Å². The number of benzene rings is 1. The molecule has 0 unspecified atom stereocenters. The van der Waals surface area contributed by atoms with E-state index in [-0.39, 0.29) is 12.0 Å². The van der Waals surface area contributed by atoms with Crippen LogP contribution < -0.4 is 4.74 Å². The zero-order valence-electron chi connectivity index (χ0n) is 16.8. The summed E-state index contributed by atoms with van der Waals surface area (Å²) in [4.78, 5) is 19.0. The Morgan fingerprint density at radius 2 is 1.83 bits per heavy atom. The average molecular weight is 418 g/mol. The lowest BCUT2D eigenvalue weighted by Crippen LogP contribution is -2.41. The van der Waals surface area contributed by atoms with Crippen molar-refractivity contribution in [3.05, 3.63) is 59.9 Å². The number of carbonyl (C=O) groups excluding carboxylic acids is 1. The summed E-state index contributed by atoms with van der Waals surface area (Å²) in [5.74, 6) is 0.456. The molecule has 1 fully saturated rings. The molecule has 3 rings (SSSR count). The second-order valence-corrected chi connectivity index (χ2v) is 9.13. The third kappa shape index (κ3) is 5.55. The van der Waals surface area contributed by atoms with E-state index in [4.69, 9.17) is 4.74 Å². The Bertz CT molecular complexity index is 926. The first-order valence-corrected chi connectivity index (χ1v) is 11.6. The summed E-state index contributed by atoms with van der Waals surface area (Å²) in [6.45, 7) is 3.89. The molecule has 1 aliphatic rings. The number of hydrogen-bond acceptors (Lipinski definition) is 5. The number of amides is 1. The van der Waals surface area contributed by atoms with Crippen LogP contribution in [-0.2, 0) is 16.6 Å². The van der Waals surface area contributed by atoms with Gasteiger partial charge in [-0.1, -0.05) is 12.1 Å². The SMILES string of the molecule is CCN(Cc1ccncc1)C(=O)c1ccccc1OC1CCN(S(C)(=O)=O)CC1. The number of ether oxygens (including phenoxy) is 1. The third-order valence-corrected chi connectivity index (χ3v) is 6.38. The minimum atomic E-state index is -3.18. The van der Waals surface area contributed by atoms with Crippen molar-refractivity contribution in [2.75, 3.05) is 25.9 Å². The normalized spacial score (nSPS) is 15.8. The first-order valence-electron chi connectivity index (χ1n) is 9.77. The van der Waals surface area contributed by atoms with Crippen molar-refractivity contribution < 1.29 is 17.9 Å². The molecule has 2 heterocycles. The second-order valence-electron chi connectivity index (χ2n) is 7.15. The maximum Gasteiger partial charge on any atom is 0.257 e. The van der Waals surface area contributed by atoms with Crippen molar-refractivity contribution in [2.45, 2.75) is 32.4 Å². The summed E-state index contributed by atoms with van der Waals surface area (Å²) in [6, 6.07) is 11.0. The number of aromatic nitrogens is 1. The number of para-hydroxylation sites is 1. The lowest BCUT2D eigenvalue weighted by atomic mass is 10.1. The van der Waals surface area contributed by atoms with E-state index >= 15 is 0 Å². The van der Waals surface area contributed by atoms with Gasteiger partial charge in [0.15, 0.2) is 0 Å². The van der Waals surface area contributed by atoms with Crippen LogP contribution in [0.2, 0.25) is 0 Å². The largest absolute Gasteiger partial charge is 0.489 e. The molecule has 1 aromatic heterocycles. The van der Waals surface area contributed by atoms with Gasteiger partial charge in [0.1, 0.15) is 11.9 Å².